The molecule has 2 nitrogen and oxygen atoms in total. The molecule has 2 heteroatoms. The van der Waals surface area contributed by atoms with Gasteiger partial charge >= 0.3 is 0 Å². The highest BCUT2D eigenvalue weighted by molar-refractivity contribution is 6.04. The summed E-state index contributed by atoms with van der Waals surface area (Å²) < 4.78 is 2.51. The Bertz CT molecular complexity index is 3700. The maximum absolute atomic E-state index is 2.55. The Morgan fingerprint density at radius 3 is 1.66 bits per heavy atom. The average Bonchev–Trinajstić information content (AvgIpc) is 3.79. The van der Waals surface area contributed by atoms with Crippen molar-refractivity contribution in [3.8, 4) is 61.5 Å². The molecule has 2 aliphatic carbocycles. The number of nitrogens with zero attached hydrogens (tertiary/aromatic N) is 2. The quantitative estimate of drug-likeness (QED) is 0.140. The summed E-state index contributed by atoms with van der Waals surface area (Å²) in [4.78, 5) is 2.55. The third kappa shape index (κ3) is 7.46. The number of aryl methyl sites for hydroxylation is 2. The van der Waals surface area contributed by atoms with Gasteiger partial charge in [0.1, 0.15) is 0 Å². The van der Waals surface area contributed by atoms with Crippen LogP contribution in [0.2, 0.25) is 0 Å². The van der Waals surface area contributed by atoms with Crippen LogP contribution >= 0.6 is 0 Å². The predicted octanol–water partition coefficient (Wildman–Crippen LogP) is 17.8. The van der Waals surface area contributed by atoms with E-state index >= 15 is 0 Å². The number of anilines is 2. The first kappa shape index (κ1) is 41.5. The van der Waals surface area contributed by atoms with Crippen LogP contribution in [0.4, 0.5) is 11.4 Å². The van der Waals surface area contributed by atoms with Crippen molar-refractivity contribution in [2.24, 2.45) is 0 Å². The first-order valence-corrected chi connectivity index (χ1v) is 24.6. The minimum Gasteiger partial charge on any atom is -0.334 e. The van der Waals surface area contributed by atoms with E-state index in [1.54, 1.807) is 0 Å². The summed E-state index contributed by atoms with van der Waals surface area (Å²) in [5, 5.41) is 3.88. The summed E-state index contributed by atoms with van der Waals surface area (Å²) >= 11 is 0. The Kier molecular flexibility index (Phi) is 10.5. The first-order chi connectivity index (χ1) is 34.7. The molecule has 1 unspecified atom stereocenters. The largest absolute Gasteiger partial charge is 0.334 e. The molecule has 0 saturated carbocycles. The Morgan fingerprint density at radius 2 is 0.957 bits per heavy atom. The summed E-state index contributed by atoms with van der Waals surface area (Å²) in [5.74, 6) is 0. The lowest BCUT2D eigenvalue weighted by atomic mass is 9.86. The average molecular weight is 895 g/mol. The molecule has 11 aromatic rings. The molecule has 0 bridgehead atoms. The highest BCUT2D eigenvalue weighted by Gasteiger charge is 2.28. The van der Waals surface area contributed by atoms with Crippen molar-refractivity contribution in [3.05, 3.63) is 278 Å². The highest BCUT2D eigenvalue weighted by atomic mass is 15.2. The zero-order valence-electron chi connectivity index (χ0n) is 38.9. The lowest BCUT2D eigenvalue weighted by Gasteiger charge is -2.34. The van der Waals surface area contributed by atoms with Crippen LogP contribution in [0.3, 0.4) is 0 Å². The summed E-state index contributed by atoms with van der Waals surface area (Å²) in [6.07, 6.45) is 10.2. The van der Waals surface area contributed by atoms with Gasteiger partial charge in [-0.1, -0.05) is 200 Å². The molecule has 1 aromatic heterocycles. The van der Waals surface area contributed by atoms with E-state index in [-0.39, 0.29) is 6.04 Å². The molecule has 10 aromatic carbocycles. The smallest absolute Gasteiger partial charge is 0.0576 e. The third-order valence-electron chi connectivity index (χ3n) is 14.6. The topological polar surface area (TPSA) is 8.17 Å². The van der Waals surface area contributed by atoms with Crippen molar-refractivity contribution in [1.82, 2.24) is 4.57 Å². The monoisotopic (exact) mass is 894 g/mol. The predicted molar refractivity (Wildman–Crippen MR) is 296 cm³/mol. The molecule has 70 heavy (non-hydrogen) atoms. The second-order valence-electron chi connectivity index (χ2n) is 18.7. The molecule has 0 radical (unpaired) electrons. The molecule has 0 fully saturated rings. The first-order valence-electron chi connectivity index (χ1n) is 24.6. The summed E-state index contributed by atoms with van der Waals surface area (Å²) in [7, 11) is 0. The van der Waals surface area contributed by atoms with Crippen molar-refractivity contribution >= 4 is 38.6 Å². The zero-order valence-corrected chi connectivity index (χ0v) is 38.9. The van der Waals surface area contributed by atoms with E-state index in [2.05, 4.69) is 270 Å². The normalized spacial score (nSPS) is 14.0. The molecular weight excluding hydrogens is 845 g/mol. The van der Waals surface area contributed by atoms with Gasteiger partial charge in [0.2, 0.25) is 0 Å². The number of rotatable bonds is 9. The van der Waals surface area contributed by atoms with Crippen molar-refractivity contribution in [1.29, 1.82) is 0 Å². The third-order valence-corrected chi connectivity index (χ3v) is 14.6. The Balaban J connectivity index is 0.939. The van der Waals surface area contributed by atoms with Gasteiger partial charge in [0.25, 0.3) is 0 Å². The molecule has 13 rings (SSSR count). The van der Waals surface area contributed by atoms with Crippen LogP contribution in [0.1, 0.15) is 23.1 Å². The van der Waals surface area contributed by atoms with E-state index in [9.17, 15) is 0 Å². The van der Waals surface area contributed by atoms with E-state index in [1.807, 2.05) is 0 Å². The number of benzene rings is 10. The molecule has 1 atom stereocenters. The van der Waals surface area contributed by atoms with E-state index in [4.69, 9.17) is 0 Å². The second-order valence-corrected chi connectivity index (χ2v) is 18.7. The molecule has 1 heterocycles. The van der Waals surface area contributed by atoms with Gasteiger partial charge in [-0.05, 0) is 157 Å². The summed E-state index contributed by atoms with van der Waals surface area (Å²) in [6, 6.07) is 89.2. The van der Waals surface area contributed by atoms with Gasteiger partial charge in [0, 0.05) is 28.0 Å². The van der Waals surface area contributed by atoms with Crippen LogP contribution in [0.5, 0.6) is 0 Å². The Hall–Kier alpha value is -8.72. The van der Waals surface area contributed by atoms with Crippen molar-refractivity contribution < 1.29 is 0 Å². The number of para-hydroxylation sites is 1. The Morgan fingerprint density at radius 1 is 0.414 bits per heavy atom. The van der Waals surface area contributed by atoms with E-state index < -0.39 is 0 Å². The summed E-state index contributed by atoms with van der Waals surface area (Å²) in [6.45, 7) is 0. The van der Waals surface area contributed by atoms with Crippen LogP contribution < -0.4 is 4.90 Å². The van der Waals surface area contributed by atoms with E-state index in [0.717, 1.165) is 30.6 Å². The molecule has 0 N–H and O–H groups in total. The van der Waals surface area contributed by atoms with Crippen LogP contribution in [-0.2, 0) is 12.8 Å². The number of aromatic nitrogens is 1. The molecular formula is C68H50N2. The van der Waals surface area contributed by atoms with Crippen LogP contribution in [0, 0.1) is 0 Å². The molecule has 0 saturated heterocycles. The van der Waals surface area contributed by atoms with Crippen LogP contribution in [0.15, 0.2) is 261 Å². The molecule has 0 amide bonds. The van der Waals surface area contributed by atoms with Crippen molar-refractivity contribution in [2.45, 2.75) is 25.3 Å². The van der Waals surface area contributed by atoms with Gasteiger partial charge in [0.05, 0.1) is 17.3 Å². The van der Waals surface area contributed by atoms with Gasteiger partial charge in [-0.25, -0.2) is 0 Å². The van der Waals surface area contributed by atoms with Crippen LogP contribution in [0.25, 0.3) is 88.7 Å². The number of fused-ring (bicyclic) bond motifs is 6. The maximum atomic E-state index is 2.55. The van der Waals surface area contributed by atoms with Crippen molar-refractivity contribution in [3.63, 3.8) is 0 Å². The van der Waals surface area contributed by atoms with Crippen molar-refractivity contribution in [2.75, 3.05) is 4.90 Å². The van der Waals surface area contributed by atoms with Gasteiger partial charge in [0.15, 0.2) is 0 Å². The van der Waals surface area contributed by atoms with Gasteiger partial charge < -0.3 is 9.47 Å². The number of hydrogen-bond donors (Lipinski definition) is 0. The molecule has 332 valence electrons. The molecule has 2 aliphatic rings. The maximum Gasteiger partial charge on any atom is 0.0576 e. The van der Waals surface area contributed by atoms with Gasteiger partial charge in [-0.15, -0.1) is 0 Å². The SMILES string of the molecule is C1=CC(c2cccc3c2c2c(n3-c3ccccc3)-c3ccccc3CC2)=CC(N(c2ccc(-c3cc(-c4ccccc4)cc(-c4ccccc4)c3)cc2)c2ccc(-c3cccc4ccccc34)cc2)C1. The number of allylic oxidation sites excluding steroid dienone is 2. The lowest BCUT2D eigenvalue weighted by Crippen LogP contribution is -2.30. The zero-order chi connectivity index (χ0) is 46.4. The summed E-state index contributed by atoms with van der Waals surface area (Å²) in [5.41, 5.74) is 22.5. The molecule has 0 spiro atoms. The van der Waals surface area contributed by atoms with Gasteiger partial charge in [-0.2, -0.15) is 0 Å². The fourth-order valence-electron chi connectivity index (χ4n) is 11.3. The minimum atomic E-state index is 0.0587. The highest BCUT2D eigenvalue weighted by Crippen LogP contribution is 2.46. The standard InChI is InChI=1S/C68H50N2/c1-4-17-47(18-5-1)54-43-55(48-19-6-2-7-20-48)45-56(44-54)49-33-38-58(39-34-49)69(59-40-35-52(36-41-59)62-30-15-23-50-21-10-12-28-61(50)62)60-27-14-24-53(46-60)63-31-16-32-66-67(63)65-42-37-51-22-11-13-29-64(51)68(65)70(66)57-25-8-3-9-26-57/h1-26,28-36,38-41,43-46,60H,27,37,42H2. The second kappa shape index (κ2) is 17.7. The lowest BCUT2D eigenvalue weighted by molar-refractivity contribution is 0.788. The van der Waals surface area contributed by atoms with Gasteiger partial charge in [-0.3, -0.25) is 0 Å². The van der Waals surface area contributed by atoms with E-state index in [1.165, 1.54) is 105 Å². The van der Waals surface area contributed by atoms with E-state index in [0.29, 0.717) is 0 Å². The fraction of sp³-hybridized carbons (Fsp3) is 0.0588. The fourth-order valence-corrected chi connectivity index (χ4v) is 11.3. The Labute approximate surface area is 410 Å². The number of hydrogen-bond acceptors (Lipinski definition) is 1. The minimum absolute atomic E-state index is 0.0587. The van der Waals surface area contributed by atoms with Crippen LogP contribution in [-0.4, -0.2) is 10.6 Å². The molecule has 0 aliphatic heterocycles.